The second kappa shape index (κ2) is 8.95. The van der Waals surface area contributed by atoms with Gasteiger partial charge in [0.05, 0.1) is 0 Å². The van der Waals surface area contributed by atoms with Crippen molar-refractivity contribution >= 4 is 17.7 Å². The molecule has 2 aromatic carbocycles. The van der Waals surface area contributed by atoms with E-state index in [9.17, 15) is 4.79 Å². The van der Waals surface area contributed by atoms with Crippen LogP contribution in [0.4, 0.5) is 0 Å². The van der Waals surface area contributed by atoms with Gasteiger partial charge in [0.25, 0.3) is 5.91 Å². The van der Waals surface area contributed by atoms with Crippen LogP contribution >= 0.6 is 11.8 Å². The molecule has 1 aliphatic rings. The highest BCUT2D eigenvalue weighted by molar-refractivity contribution is 7.99. The van der Waals surface area contributed by atoms with Crippen molar-refractivity contribution in [3.8, 4) is 5.75 Å². The van der Waals surface area contributed by atoms with Gasteiger partial charge in [0, 0.05) is 17.2 Å². The monoisotopic (exact) mass is 355 g/mol. The fourth-order valence-corrected chi connectivity index (χ4v) is 3.83. The first-order valence-electron chi connectivity index (χ1n) is 8.96. The molecule has 1 amide bonds. The van der Waals surface area contributed by atoms with Crippen molar-refractivity contribution in [3.05, 3.63) is 59.7 Å². The number of carbonyl (C=O) groups is 1. The molecule has 0 radical (unpaired) electrons. The summed E-state index contributed by atoms with van der Waals surface area (Å²) in [7, 11) is 0. The van der Waals surface area contributed by atoms with E-state index in [1.807, 2.05) is 24.3 Å². The van der Waals surface area contributed by atoms with Crippen molar-refractivity contribution in [2.45, 2.75) is 43.6 Å². The molecule has 2 aromatic rings. The average Bonchev–Trinajstić information content (AvgIpc) is 2.65. The smallest absolute Gasteiger partial charge is 0.260 e. The van der Waals surface area contributed by atoms with Gasteiger partial charge in [-0.1, -0.05) is 24.3 Å². The van der Waals surface area contributed by atoms with E-state index >= 15 is 0 Å². The number of rotatable bonds is 7. The number of fused-ring (bicyclic) bond motifs is 1. The molecule has 0 aliphatic heterocycles. The Balaban J connectivity index is 1.43. The summed E-state index contributed by atoms with van der Waals surface area (Å²) in [5.74, 6) is 1.58. The summed E-state index contributed by atoms with van der Waals surface area (Å²) in [4.78, 5) is 13.4. The fraction of sp³-hybridized carbons (Fsp3) is 0.381. The lowest BCUT2D eigenvalue weighted by Crippen LogP contribution is -2.37. The summed E-state index contributed by atoms with van der Waals surface area (Å²) >= 11 is 1.74. The van der Waals surface area contributed by atoms with E-state index in [0.29, 0.717) is 6.54 Å². The molecule has 1 atom stereocenters. The zero-order valence-corrected chi connectivity index (χ0v) is 15.5. The minimum Gasteiger partial charge on any atom is -0.481 e. The summed E-state index contributed by atoms with van der Waals surface area (Å²) < 4.78 is 5.84. The van der Waals surface area contributed by atoms with Gasteiger partial charge in [0.2, 0.25) is 0 Å². The predicted octanol–water partition coefficient (Wildman–Crippen LogP) is 4.24. The third kappa shape index (κ3) is 5.27. The van der Waals surface area contributed by atoms with E-state index in [4.69, 9.17) is 4.74 Å². The molecule has 0 spiro atoms. The van der Waals surface area contributed by atoms with Crippen LogP contribution in [0, 0.1) is 0 Å². The number of carbonyl (C=O) groups excluding carboxylic acids is 1. The summed E-state index contributed by atoms with van der Waals surface area (Å²) in [6, 6.07) is 16.4. The minimum absolute atomic E-state index is 0.0635. The average molecular weight is 356 g/mol. The zero-order valence-electron chi connectivity index (χ0n) is 14.7. The lowest BCUT2D eigenvalue weighted by Gasteiger charge is -2.19. The molecule has 25 heavy (non-hydrogen) atoms. The summed E-state index contributed by atoms with van der Waals surface area (Å²) in [6.45, 7) is 2.44. The standard InChI is InChI=1S/C21H25NO2S/c1-16(21(23)22-13-14-25-20-9-3-2-4-10-20)24-19-12-11-17-7-5-6-8-18(17)15-19/h2-4,9-12,15-16H,5-8,13-14H2,1H3,(H,22,23)/t16-/m0/s1. The number of ether oxygens (including phenoxy) is 1. The van der Waals surface area contributed by atoms with Crippen molar-refractivity contribution in [1.29, 1.82) is 0 Å². The van der Waals surface area contributed by atoms with Crippen molar-refractivity contribution in [3.63, 3.8) is 0 Å². The van der Waals surface area contributed by atoms with Gasteiger partial charge in [-0.05, 0) is 68.0 Å². The molecule has 0 saturated heterocycles. The second-order valence-electron chi connectivity index (χ2n) is 6.35. The van der Waals surface area contributed by atoms with E-state index in [1.165, 1.54) is 28.9 Å². The summed E-state index contributed by atoms with van der Waals surface area (Å²) in [6.07, 6.45) is 4.30. The Morgan fingerprint density at radius 3 is 2.68 bits per heavy atom. The molecule has 1 N–H and O–H groups in total. The summed E-state index contributed by atoms with van der Waals surface area (Å²) in [5, 5.41) is 2.95. The molecule has 3 nitrogen and oxygen atoms in total. The molecule has 0 bridgehead atoms. The van der Waals surface area contributed by atoms with E-state index in [-0.39, 0.29) is 5.91 Å². The quantitative estimate of drug-likeness (QED) is 0.596. The van der Waals surface area contributed by atoms with Gasteiger partial charge in [0.15, 0.2) is 6.10 Å². The molecule has 0 aromatic heterocycles. The second-order valence-corrected chi connectivity index (χ2v) is 7.52. The molecule has 0 fully saturated rings. The highest BCUT2D eigenvalue weighted by Crippen LogP contribution is 2.25. The molecular formula is C21H25NO2S. The van der Waals surface area contributed by atoms with Crippen LogP contribution in [0.3, 0.4) is 0 Å². The van der Waals surface area contributed by atoms with Crippen LogP contribution in [-0.4, -0.2) is 24.3 Å². The van der Waals surface area contributed by atoms with E-state index in [1.54, 1.807) is 18.7 Å². The zero-order chi connectivity index (χ0) is 17.5. The van der Waals surface area contributed by atoms with Crippen molar-refractivity contribution in [2.24, 2.45) is 0 Å². The first-order chi connectivity index (χ1) is 12.2. The maximum atomic E-state index is 12.2. The Kier molecular flexibility index (Phi) is 6.40. The van der Waals surface area contributed by atoms with Gasteiger partial charge in [-0.3, -0.25) is 4.79 Å². The number of hydrogen-bond acceptors (Lipinski definition) is 3. The SMILES string of the molecule is C[C@H](Oc1ccc2c(c1)CCCC2)C(=O)NCCSc1ccccc1. The third-order valence-electron chi connectivity index (χ3n) is 4.42. The van der Waals surface area contributed by atoms with Crippen LogP contribution < -0.4 is 10.1 Å². The number of benzene rings is 2. The molecule has 4 heteroatoms. The molecule has 0 heterocycles. The Morgan fingerprint density at radius 1 is 1.12 bits per heavy atom. The summed E-state index contributed by atoms with van der Waals surface area (Å²) in [5.41, 5.74) is 2.80. The molecular weight excluding hydrogens is 330 g/mol. The van der Waals surface area contributed by atoms with Gasteiger partial charge >= 0.3 is 0 Å². The Labute approximate surface area is 154 Å². The minimum atomic E-state index is -0.483. The Morgan fingerprint density at radius 2 is 1.88 bits per heavy atom. The first kappa shape index (κ1) is 17.9. The normalized spacial score (nSPS) is 14.4. The Bertz CT molecular complexity index is 702. The number of thioether (sulfide) groups is 1. The maximum absolute atomic E-state index is 12.2. The van der Waals surface area contributed by atoms with Gasteiger partial charge < -0.3 is 10.1 Å². The Hall–Kier alpha value is -1.94. The van der Waals surface area contributed by atoms with Crippen LogP contribution in [0.1, 0.15) is 30.9 Å². The third-order valence-corrected chi connectivity index (χ3v) is 5.43. The number of amides is 1. The van der Waals surface area contributed by atoms with Crippen LogP contribution in [0.25, 0.3) is 0 Å². The predicted molar refractivity (Wildman–Crippen MR) is 103 cm³/mol. The van der Waals surface area contributed by atoms with Crippen molar-refractivity contribution < 1.29 is 9.53 Å². The molecule has 0 saturated carbocycles. The van der Waals surface area contributed by atoms with Gasteiger partial charge in [-0.25, -0.2) is 0 Å². The van der Waals surface area contributed by atoms with E-state index in [2.05, 4.69) is 29.6 Å². The van der Waals surface area contributed by atoms with Gasteiger partial charge in [0.1, 0.15) is 5.75 Å². The fourth-order valence-electron chi connectivity index (χ4n) is 3.04. The molecule has 0 unspecified atom stereocenters. The lowest BCUT2D eigenvalue weighted by molar-refractivity contribution is -0.127. The van der Waals surface area contributed by atoms with Crippen LogP contribution in [0.2, 0.25) is 0 Å². The molecule has 132 valence electrons. The number of aryl methyl sites for hydroxylation is 2. The molecule has 1 aliphatic carbocycles. The topological polar surface area (TPSA) is 38.3 Å². The van der Waals surface area contributed by atoms with Crippen molar-refractivity contribution in [1.82, 2.24) is 5.32 Å². The lowest BCUT2D eigenvalue weighted by atomic mass is 9.92. The van der Waals surface area contributed by atoms with Gasteiger partial charge in [-0.2, -0.15) is 0 Å². The van der Waals surface area contributed by atoms with E-state index in [0.717, 1.165) is 24.3 Å². The molecule has 3 rings (SSSR count). The maximum Gasteiger partial charge on any atom is 0.260 e. The van der Waals surface area contributed by atoms with Crippen LogP contribution in [0.5, 0.6) is 5.75 Å². The van der Waals surface area contributed by atoms with E-state index < -0.39 is 6.10 Å². The number of nitrogens with one attached hydrogen (secondary N) is 1. The van der Waals surface area contributed by atoms with Crippen LogP contribution in [-0.2, 0) is 17.6 Å². The first-order valence-corrected chi connectivity index (χ1v) is 9.95. The van der Waals surface area contributed by atoms with Crippen LogP contribution in [0.15, 0.2) is 53.4 Å². The van der Waals surface area contributed by atoms with Crippen molar-refractivity contribution in [2.75, 3.05) is 12.3 Å². The van der Waals surface area contributed by atoms with Gasteiger partial charge in [-0.15, -0.1) is 11.8 Å². The largest absolute Gasteiger partial charge is 0.481 e. The number of hydrogen-bond donors (Lipinski definition) is 1. The highest BCUT2D eigenvalue weighted by Gasteiger charge is 2.16. The highest BCUT2D eigenvalue weighted by atomic mass is 32.2.